The van der Waals surface area contributed by atoms with Crippen molar-refractivity contribution in [1.29, 1.82) is 0 Å². The second kappa shape index (κ2) is 9.20. The van der Waals surface area contributed by atoms with Crippen LogP contribution >= 0.6 is 0 Å². The zero-order valence-electron chi connectivity index (χ0n) is 13.0. The van der Waals surface area contributed by atoms with E-state index in [1.807, 2.05) is 25.1 Å². The van der Waals surface area contributed by atoms with Gasteiger partial charge in [-0.05, 0) is 25.0 Å². The fraction of sp³-hybridized carbons (Fsp3) is 0.533. The quantitative estimate of drug-likeness (QED) is 0.238. The first-order chi connectivity index (χ1) is 10.2. The van der Waals surface area contributed by atoms with Crippen LogP contribution in [-0.2, 0) is 9.47 Å². The summed E-state index contributed by atoms with van der Waals surface area (Å²) in [5, 5.41) is 12.1. The Labute approximate surface area is 126 Å². The minimum atomic E-state index is 0.114. The number of ether oxygens (including phenoxy) is 2. The van der Waals surface area contributed by atoms with Crippen LogP contribution in [0.2, 0.25) is 0 Å². The van der Waals surface area contributed by atoms with Gasteiger partial charge in [-0.15, -0.1) is 0 Å². The van der Waals surface area contributed by atoms with E-state index in [1.54, 1.807) is 14.2 Å². The first-order valence-corrected chi connectivity index (χ1v) is 6.96. The molecule has 21 heavy (non-hydrogen) atoms. The van der Waals surface area contributed by atoms with Gasteiger partial charge in [0.25, 0.3) is 0 Å². The van der Waals surface area contributed by atoms with Gasteiger partial charge in [0.05, 0.1) is 12.3 Å². The average molecular weight is 295 g/mol. The molecule has 0 spiro atoms. The molecule has 0 saturated carbocycles. The molecule has 0 saturated heterocycles. The maximum Gasteiger partial charge on any atom is 0.172 e. The van der Waals surface area contributed by atoms with Crippen molar-refractivity contribution in [1.82, 2.24) is 0 Å². The summed E-state index contributed by atoms with van der Waals surface area (Å²) in [6.07, 6.45) is 0.893. The number of hydrogen-bond acceptors (Lipinski definition) is 5. The van der Waals surface area contributed by atoms with Gasteiger partial charge in [0.2, 0.25) is 0 Å². The molecule has 0 radical (unpaired) electrons. The predicted molar refractivity (Wildman–Crippen MR) is 84.3 cm³/mol. The third-order valence-corrected chi connectivity index (χ3v) is 3.28. The van der Waals surface area contributed by atoms with E-state index in [0.29, 0.717) is 13.2 Å². The molecule has 1 aromatic rings. The Morgan fingerprint density at radius 1 is 1.24 bits per heavy atom. The Bertz CT molecular complexity index is 463. The molecule has 0 amide bonds. The second-order valence-corrected chi connectivity index (χ2v) is 4.78. The lowest BCUT2D eigenvalue weighted by Gasteiger charge is -2.28. The van der Waals surface area contributed by atoms with Gasteiger partial charge in [-0.3, -0.25) is 0 Å². The zero-order chi connectivity index (χ0) is 15.7. The van der Waals surface area contributed by atoms with Gasteiger partial charge in [0.1, 0.15) is 0 Å². The molecular weight excluding hydrogens is 270 g/mol. The van der Waals surface area contributed by atoms with E-state index < -0.39 is 0 Å². The Hall–Kier alpha value is -1.79. The van der Waals surface area contributed by atoms with Crippen LogP contribution in [0.4, 0.5) is 5.69 Å². The lowest BCUT2D eigenvalue weighted by atomic mass is 10.1. The molecule has 1 aromatic carbocycles. The Balaban J connectivity index is 3.09. The molecule has 0 aliphatic carbocycles. The summed E-state index contributed by atoms with van der Waals surface area (Å²) in [4.78, 5) is 2.19. The Morgan fingerprint density at radius 3 is 2.57 bits per heavy atom. The van der Waals surface area contributed by atoms with Gasteiger partial charge >= 0.3 is 0 Å². The standard InChI is InChI=1S/C15H25N3O3/c1-12-6-4-7-13(15(16)17-19)14(12)18(9-11-21-3)8-5-10-20-2/h4,6-7,19H,5,8-11H2,1-3H3,(H2,16,17). The summed E-state index contributed by atoms with van der Waals surface area (Å²) in [6, 6.07) is 5.77. The Kier molecular flexibility index (Phi) is 7.56. The first kappa shape index (κ1) is 17.3. The van der Waals surface area contributed by atoms with E-state index in [2.05, 4.69) is 10.1 Å². The summed E-state index contributed by atoms with van der Waals surface area (Å²) < 4.78 is 10.3. The van der Waals surface area contributed by atoms with E-state index in [4.69, 9.17) is 20.4 Å². The number of aryl methyl sites for hydroxylation is 1. The molecule has 0 bridgehead atoms. The number of rotatable bonds is 9. The lowest BCUT2D eigenvalue weighted by molar-refractivity contribution is 0.191. The van der Waals surface area contributed by atoms with Crippen molar-refractivity contribution in [2.24, 2.45) is 10.9 Å². The third-order valence-electron chi connectivity index (χ3n) is 3.28. The fourth-order valence-electron chi connectivity index (χ4n) is 2.28. The molecule has 0 atom stereocenters. The van der Waals surface area contributed by atoms with Gasteiger partial charge in [-0.1, -0.05) is 17.3 Å². The van der Waals surface area contributed by atoms with E-state index in [1.165, 1.54) is 0 Å². The SMILES string of the molecule is COCCCN(CCOC)c1c(C)cccc1/C(N)=N/O. The minimum Gasteiger partial charge on any atom is -0.409 e. The number of para-hydroxylation sites is 1. The van der Waals surface area contributed by atoms with Crippen LogP contribution in [-0.4, -0.2) is 51.6 Å². The molecule has 0 aromatic heterocycles. The molecule has 0 aliphatic rings. The average Bonchev–Trinajstić information content (AvgIpc) is 2.50. The zero-order valence-corrected chi connectivity index (χ0v) is 13.0. The number of benzene rings is 1. The topological polar surface area (TPSA) is 80.3 Å². The predicted octanol–water partition coefficient (Wildman–Crippen LogP) is 1.58. The number of anilines is 1. The van der Waals surface area contributed by atoms with Crippen LogP contribution in [0.15, 0.2) is 23.4 Å². The van der Waals surface area contributed by atoms with E-state index in [0.717, 1.165) is 36.3 Å². The Morgan fingerprint density at radius 2 is 1.95 bits per heavy atom. The largest absolute Gasteiger partial charge is 0.409 e. The maximum absolute atomic E-state index is 8.98. The summed E-state index contributed by atoms with van der Waals surface area (Å²) in [7, 11) is 3.37. The number of oxime groups is 1. The van der Waals surface area contributed by atoms with E-state index in [9.17, 15) is 0 Å². The molecule has 0 heterocycles. The van der Waals surface area contributed by atoms with Crippen LogP contribution in [0.1, 0.15) is 17.5 Å². The monoisotopic (exact) mass is 295 g/mol. The van der Waals surface area contributed by atoms with Crippen molar-refractivity contribution in [3.63, 3.8) is 0 Å². The molecule has 6 heteroatoms. The van der Waals surface area contributed by atoms with Crippen LogP contribution in [0.5, 0.6) is 0 Å². The van der Waals surface area contributed by atoms with Gasteiger partial charge in [-0.2, -0.15) is 0 Å². The molecule has 6 nitrogen and oxygen atoms in total. The smallest absolute Gasteiger partial charge is 0.172 e. The first-order valence-electron chi connectivity index (χ1n) is 6.96. The second-order valence-electron chi connectivity index (χ2n) is 4.78. The molecule has 118 valence electrons. The summed E-state index contributed by atoms with van der Waals surface area (Å²) >= 11 is 0. The lowest BCUT2D eigenvalue weighted by Crippen LogP contribution is -2.32. The molecule has 0 fully saturated rings. The highest BCUT2D eigenvalue weighted by Crippen LogP contribution is 2.25. The number of nitrogens with zero attached hydrogens (tertiary/aromatic N) is 2. The number of amidine groups is 1. The van der Waals surface area contributed by atoms with Gasteiger partial charge in [-0.25, -0.2) is 0 Å². The number of nitrogens with two attached hydrogens (primary N) is 1. The van der Waals surface area contributed by atoms with Gasteiger partial charge < -0.3 is 25.3 Å². The van der Waals surface area contributed by atoms with Crippen molar-refractivity contribution >= 4 is 11.5 Å². The van der Waals surface area contributed by atoms with Crippen molar-refractivity contribution in [3.05, 3.63) is 29.3 Å². The molecule has 0 unspecified atom stereocenters. The minimum absolute atomic E-state index is 0.114. The maximum atomic E-state index is 8.98. The molecule has 0 aliphatic heterocycles. The molecule has 3 N–H and O–H groups in total. The highest BCUT2D eigenvalue weighted by molar-refractivity contribution is 6.02. The molecular formula is C15H25N3O3. The van der Waals surface area contributed by atoms with E-state index >= 15 is 0 Å². The highest BCUT2D eigenvalue weighted by Gasteiger charge is 2.16. The van der Waals surface area contributed by atoms with Crippen LogP contribution in [0.25, 0.3) is 0 Å². The van der Waals surface area contributed by atoms with Crippen molar-refractivity contribution in [2.75, 3.05) is 45.4 Å². The van der Waals surface area contributed by atoms with Crippen LogP contribution < -0.4 is 10.6 Å². The van der Waals surface area contributed by atoms with Crippen molar-refractivity contribution < 1.29 is 14.7 Å². The number of hydrogen-bond donors (Lipinski definition) is 2. The van der Waals surface area contributed by atoms with E-state index in [-0.39, 0.29) is 5.84 Å². The van der Waals surface area contributed by atoms with Crippen LogP contribution in [0.3, 0.4) is 0 Å². The summed E-state index contributed by atoms with van der Waals surface area (Å²) in [6.45, 7) is 4.86. The van der Waals surface area contributed by atoms with Crippen molar-refractivity contribution in [2.45, 2.75) is 13.3 Å². The fourth-order valence-corrected chi connectivity index (χ4v) is 2.28. The van der Waals surface area contributed by atoms with Gasteiger partial charge in [0, 0.05) is 39.5 Å². The van der Waals surface area contributed by atoms with Crippen molar-refractivity contribution in [3.8, 4) is 0 Å². The third kappa shape index (κ3) is 4.91. The van der Waals surface area contributed by atoms with Gasteiger partial charge in [0.15, 0.2) is 5.84 Å². The summed E-state index contributed by atoms with van der Waals surface area (Å²) in [5.74, 6) is 0.114. The number of methoxy groups -OCH3 is 2. The summed E-state index contributed by atoms with van der Waals surface area (Å²) in [5.41, 5.74) is 8.58. The normalized spacial score (nSPS) is 11.7. The van der Waals surface area contributed by atoms with Crippen LogP contribution in [0, 0.1) is 6.92 Å². The molecule has 1 rings (SSSR count). The highest BCUT2D eigenvalue weighted by atomic mass is 16.5.